The number of carbonyl (C=O) groups is 2. The van der Waals surface area contributed by atoms with Gasteiger partial charge >= 0.3 is 11.9 Å². The molecule has 0 amide bonds. The number of rotatable bonds is 23. The van der Waals surface area contributed by atoms with E-state index in [9.17, 15) is 9.59 Å². The van der Waals surface area contributed by atoms with Crippen LogP contribution in [-0.2, 0) is 19.1 Å². The highest BCUT2D eigenvalue weighted by Crippen LogP contribution is 2.17. The normalized spacial score (nSPS) is 12.3. The standard InChI is InChI=1S/C29H56O4/c1-25(2)23-32-28(30)21-19-17-15-13-11-9-7-6-8-10-12-14-16-18-20-27(5)22-29(31)33-24-26(3)4/h25-27H,6-24H2,1-5H3. The van der Waals surface area contributed by atoms with Crippen molar-refractivity contribution < 1.29 is 19.1 Å². The topological polar surface area (TPSA) is 52.6 Å². The number of carbonyl (C=O) groups excluding carboxylic acids is 2. The highest BCUT2D eigenvalue weighted by atomic mass is 16.5. The summed E-state index contributed by atoms with van der Waals surface area (Å²) >= 11 is 0. The van der Waals surface area contributed by atoms with Crippen LogP contribution in [0.1, 0.15) is 144 Å². The van der Waals surface area contributed by atoms with Crippen LogP contribution in [0.25, 0.3) is 0 Å². The number of unbranched alkanes of at least 4 members (excludes halogenated alkanes) is 13. The maximum Gasteiger partial charge on any atom is 0.306 e. The minimum atomic E-state index is -0.0321. The molecule has 0 fully saturated rings. The first-order chi connectivity index (χ1) is 15.8. The lowest BCUT2D eigenvalue weighted by Crippen LogP contribution is -2.13. The molecule has 0 aliphatic carbocycles. The minimum Gasteiger partial charge on any atom is -0.465 e. The Bertz CT molecular complexity index is 459. The number of esters is 2. The van der Waals surface area contributed by atoms with Crippen molar-refractivity contribution >= 4 is 11.9 Å². The second kappa shape index (κ2) is 22.7. The molecule has 196 valence electrons. The summed E-state index contributed by atoms with van der Waals surface area (Å²) in [5.41, 5.74) is 0. The molecular weight excluding hydrogens is 412 g/mol. The highest BCUT2D eigenvalue weighted by Gasteiger charge is 2.10. The fourth-order valence-corrected chi connectivity index (χ4v) is 3.92. The van der Waals surface area contributed by atoms with Gasteiger partial charge in [-0.2, -0.15) is 0 Å². The Hall–Kier alpha value is -1.06. The van der Waals surface area contributed by atoms with Crippen LogP contribution in [0.4, 0.5) is 0 Å². The quantitative estimate of drug-likeness (QED) is 0.111. The molecule has 0 aromatic carbocycles. The third-order valence-electron chi connectivity index (χ3n) is 6.00. The molecule has 0 spiro atoms. The molecule has 1 atom stereocenters. The Labute approximate surface area is 206 Å². The maximum atomic E-state index is 11.7. The van der Waals surface area contributed by atoms with Crippen molar-refractivity contribution in [2.75, 3.05) is 13.2 Å². The lowest BCUT2D eigenvalue weighted by molar-refractivity contribution is -0.146. The van der Waals surface area contributed by atoms with E-state index in [1.165, 1.54) is 77.0 Å². The van der Waals surface area contributed by atoms with E-state index in [-0.39, 0.29) is 11.9 Å². The Morgan fingerprint density at radius 3 is 1.30 bits per heavy atom. The molecular formula is C29H56O4. The van der Waals surface area contributed by atoms with Crippen LogP contribution >= 0.6 is 0 Å². The molecule has 0 aromatic rings. The van der Waals surface area contributed by atoms with Crippen molar-refractivity contribution in [3.63, 3.8) is 0 Å². The zero-order chi connectivity index (χ0) is 24.7. The van der Waals surface area contributed by atoms with E-state index in [2.05, 4.69) is 34.6 Å². The molecule has 1 unspecified atom stereocenters. The van der Waals surface area contributed by atoms with E-state index in [0.717, 1.165) is 19.3 Å². The first-order valence-electron chi connectivity index (χ1n) is 14.1. The van der Waals surface area contributed by atoms with E-state index in [4.69, 9.17) is 9.47 Å². The van der Waals surface area contributed by atoms with Gasteiger partial charge < -0.3 is 9.47 Å². The van der Waals surface area contributed by atoms with Gasteiger partial charge in [0.25, 0.3) is 0 Å². The summed E-state index contributed by atoms with van der Waals surface area (Å²) in [6.45, 7) is 11.5. The molecule has 0 N–H and O–H groups in total. The number of hydrogen-bond donors (Lipinski definition) is 0. The zero-order valence-corrected chi connectivity index (χ0v) is 22.8. The van der Waals surface area contributed by atoms with Crippen LogP contribution in [0.15, 0.2) is 0 Å². The first kappa shape index (κ1) is 31.9. The fraction of sp³-hybridized carbons (Fsp3) is 0.931. The SMILES string of the molecule is CC(C)COC(=O)CCCCCCCCCCCCCCCCC(C)CC(=O)OCC(C)C. The van der Waals surface area contributed by atoms with Gasteiger partial charge in [-0.3, -0.25) is 9.59 Å². The average Bonchev–Trinajstić information content (AvgIpc) is 2.75. The lowest BCUT2D eigenvalue weighted by atomic mass is 9.98. The summed E-state index contributed by atoms with van der Waals surface area (Å²) in [7, 11) is 0. The van der Waals surface area contributed by atoms with Crippen molar-refractivity contribution in [2.24, 2.45) is 17.8 Å². The minimum absolute atomic E-state index is 0.0302. The monoisotopic (exact) mass is 468 g/mol. The maximum absolute atomic E-state index is 11.7. The average molecular weight is 469 g/mol. The molecule has 0 bridgehead atoms. The Morgan fingerprint density at radius 2 is 0.879 bits per heavy atom. The summed E-state index contributed by atoms with van der Waals surface area (Å²) in [5.74, 6) is 1.22. The predicted octanol–water partition coefficient (Wildman–Crippen LogP) is 8.65. The van der Waals surface area contributed by atoms with E-state index >= 15 is 0 Å². The Kier molecular flexibility index (Phi) is 22.0. The van der Waals surface area contributed by atoms with Crippen molar-refractivity contribution in [3.05, 3.63) is 0 Å². The molecule has 0 radical (unpaired) electrons. The molecule has 0 aliphatic rings. The van der Waals surface area contributed by atoms with Crippen molar-refractivity contribution in [1.29, 1.82) is 0 Å². The largest absolute Gasteiger partial charge is 0.465 e. The molecule has 0 aliphatic heterocycles. The summed E-state index contributed by atoms with van der Waals surface area (Å²) < 4.78 is 10.5. The van der Waals surface area contributed by atoms with Gasteiger partial charge in [-0.15, -0.1) is 0 Å². The molecule has 33 heavy (non-hydrogen) atoms. The van der Waals surface area contributed by atoms with Crippen LogP contribution < -0.4 is 0 Å². The third kappa shape index (κ3) is 25.4. The lowest BCUT2D eigenvalue weighted by Gasteiger charge is -2.12. The molecule has 4 heteroatoms. The van der Waals surface area contributed by atoms with Gasteiger partial charge in [0.05, 0.1) is 13.2 Å². The molecule has 0 saturated carbocycles. The van der Waals surface area contributed by atoms with Gasteiger partial charge in [0.2, 0.25) is 0 Å². The molecule has 0 saturated heterocycles. The second-order valence-corrected chi connectivity index (χ2v) is 11.0. The van der Waals surface area contributed by atoms with Crippen LogP contribution in [-0.4, -0.2) is 25.2 Å². The van der Waals surface area contributed by atoms with E-state index in [1.807, 2.05) is 0 Å². The van der Waals surface area contributed by atoms with Gasteiger partial charge in [-0.05, 0) is 24.2 Å². The van der Waals surface area contributed by atoms with Gasteiger partial charge in [0.15, 0.2) is 0 Å². The van der Waals surface area contributed by atoms with E-state index in [0.29, 0.717) is 43.8 Å². The van der Waals surface area contributed by atoms with E-state index < -0.39 is 0 Å². The van der Waals surface area contributed by atoms with Crippen LogP contribution in [0, 0.1) is 17.8 Å². The molecule has 4 nitrogen and oxygen atoms in total. The zero-order valence-electron chi connectivity index (χ0n) is 22.8. The number of ether oxygens (including phenoxy) is 2. The van der Waals surface area contributed by atoms with Gasteiger partial charge in [-0.25, -0.2) is 0 Å². The summed E-state index contributed by atoms with van der Waals surface area (Å²) in [6.07, 6.45) is 20.3. The van der Waals surface area contributed by atoms with Crippen molar-refractivity contribution in [3.8, 4) is 0 Å². The predicted molar refractivity (Wildman–Crippen MR) is 139 cm³/mol. The first-order valence-corrected chi connectivity index (χ1v) is 14.1. The number of hydrogen-bond acceptors (Lipinski definition) is 4. The van der Waals surface area contributed by atoms with Crippen LogP contribution in [0.3, 0.4) is 0 Å². The van der Waals surface area contributed by atoms with Gasteiger partial charge in [-0.1, -0.05) is 125 Å². The highest BCUT2D eigenvalue weighted by molar-refractivity contribution is 5.69. The summed E-state index contributed by atoms with van der Waals surface area (Å²) in [5, 5.41) is 0. The fourth-order valence-electron chi connectivity index (χ4n) is 3.92. The Morgan fingerprint density at radius 1 is 0.515 bits per heavy atom. The molecule has 0 aromatic heterocycles. The summed E-state index contributed by atoms with van der Waals surface area (Å²) in [6, 6.07) is 0. The molecule has 0 rings (SSSR count). The van der Waals surface area contributed by atoms with E-state index in [1.54, 1.807) is 0 Å². The van der Waals surface area contributed by atoms with Gasteiger partial charge in [0.1, 0.15) is 0 Å². The van der Waals surface area contributed by atoms with Crippen LogP contribution in [0.2, 0.25) is 0 Å². The summed E-state index contributed by atoms with van der Waals surface area (Å²) in [4.78, 5) is 23.3. The molecule has 0 heterocycles. The van der Waals surface area contributed by atoms with Crippen molar-refractivity contribution in [1.82, 2.24) is 0 Å². The van der Waals surface area contributed by atoms with Crippen LogP contribution in [0.5, 0.6) is 0 Å². The smallest absolute Gasteiger partial charge is 0.306 e. The third-order valence-corrected chi connectivity index (χ3v) is 6.00. The van der Waals surface area contributed by atoms with Crippen molar-refractivity contribution in [2.45, 2.75) is 144 Å². The Balaban J connectivity index is 3.27. The van der Waals surface area contributed by atoms with Gasteiger partial charge in [0, 0.05) is 12.8 Å². The second-order valence-electron chi connectivity index (χ2n) is 11.0.